The van der Waals surface area contributed by atoms with Crippen LogP contribution in [0.4, 0.5) is 0 Å². The van der Waals surface area contributed by atoms with Gasteiger partial charge in [0.1, 0.15) is 0 Å². The fourth-order valence-electron chi connectivity index (χ4n) is 0.919. The smallest absolute Gasteiger partial charge is 0.00803 e. The zero-order valence-corrected chi connectivity index (χ0v) is 9.47. The first-order valence-corrected chi connectivity index (χ1v) is 4.22. The van der Waals surface area contributed by atoms with Crippen LogP contribution < -0.4 is 0 Å². The molecule has 0 aromatic carbocycles. The molecule has 0 unspecified atom stereocenters. The molecule has 0 atom stereocenters. The molecule has 0 saturated heterocycles. The van der Waals surface area contributed by atoms with Gasteiger partial charge in [-0.25, -0.2) is 0 Å². The van der Waals surface area contributed by atoms with Crippen LogP contribution in [0.15, 0.2) is 0 Å². The molecule has 0 nitrogen and oxygen atoms in total. The number of thioether (sulfide) groups is 1. The molecule has 0 rings (SSSR count). The molecule has 0 heterocycles. The number of hydrogen-bond acceptors (Lipinski definition) is 1. The van der Waals surface area contributed by atoms with Gasteiger partial charge in [0, 0.05) is 26.6 Å². The summed E-state index contributed by atoms with van der Waals surface area (Å²) in [7, 11) is 0. The van der Waals surface area contributed by atoms with Crippen molar-refractivity contribution in [3.05, 3.63) is 0 Å². The summed E-state index contributed by atoms with van der Waals surface area (Å²) >= 11 is 2.01. The minimum absolute atomic E-state index is 0. The largest absolute Gasteiger partial charge is 0.150 e. The monoisotopic (exact) mass is 209 g/mol. The molecule has 0 spiro atoms. The van der Waals surface area contributed by atoms with Crippen molar-refractivity contribution < 1.29 is 17.1 Å². The molecule has 0 N–H and O–H groups in total. The van der Waals surface area contributed by atoms with E-state index in [2.05, 4.69) is 41.5 Å². The Kier molecular flexibility index (Phi) is 5.43. The molecule has 0 aromatic heterocycles. The first-order chi connectivity index (χ1) is 3.71. The topological polar surface area (TPSA) is 0 Å². The van der Waals surface area contributed by atoms with E-state index in [9.17, 15) is 0 Å². The van der Waals surface area contributed by atoms with Gasteiger partial charge in [-0.15, -0.1) is 0 Å². The SMILES string of the molecule is CC(C)(C)SC(C)(C)C.[Cu]. The fourth-order valence-corrected chi connectivity index (χ4v) is 2.76. The van der Waals surface area contributed by atoms with Crippen molar-refractivity contribution in [2.24, 2.45) is 0 Å². The maximum Gasteiger partial charge on any atom is 0.00803 e. The third kappa shape index (κ3) is 11.6. The molecule has 1 radical (unpaired) electrons. The maximum absolute atomic E-state index is 2.25. The van der Waals surface area contributed by atoms with Crippen molar-refractivity contribution in [1.82, 2.24) is 0 Å². The normalized spacial score (nSPS) is 12.6. The van der Waals surface area contributed by atoms with Crippen LogP contribution in [0.3, 0.4) is 0 Å². The van der Waals surface area contributed by atoms with Crippen molar-refractivity contribution in [2.75, 3.05) is 0 Å². The van der Waals surface area contributed by atoms with Crippen LogP contribution in [-0.4, -0.2) is 9.49 Å². The standard InChI is InChI=1S/C8H18S.Cu/c1-7(2,3)9-8(4,5)6;/h1-6H3;. The van der Waals surface area contributed by atoms with Crippen molar-refractivity contribution in [3.63, 3.8) is 0 Å². The molecular formula is C8H18CuS. The minimum atomic E-state index is 0. The predicted molar refractivity (Wildman–Crippen MR) is 47.1 cm³/mol. The van der Waals surface area contributed by atoms with E-state index in [-0.39, 0.29) is 17.1 Å². The Morgan fingerprint density at radius 2 is 0.900 bits per heavy atom. The van der Waals surface area contributed by atoms with E-state index in [1.165, 1.54) is 0 Å². The summed E-state index contributed by atoms with van der Waals surface area (Å²) in [6, 6.07) is 0. The summed E-state index contributed by atoms with van der Waals surface area (Å²) in [5.74, 6) is 0. The molecule has 0 amide bonds. The molecule has 0 fully saturated rings. The zero-order valence-electron chi connectivity index (χ0n) is 7.71. The second-order valence-corrected chi connectivity index (χ2v) is 6.98. The van der Waals surface area contributed by atoms with Crippen LogP contribution in [0.25, 0.3) is 0 Å². The van der Waals surface area contributed by atoms with E-state index in [1.54, 1.807) is 0 Å². The van der Waals surface area contributed by atoms with Gasteiger partial charge in [0.15, 0.2) is 0 Å². The van der Waals surface area contributed by atoms with Gasteiger partial charge in [0.05, 0.1) is 0 Å². The van der Waals surface area contributed by atoms with Crippen LogP contribution in [0, 0.1) is 0 Å². The van der Waals surface area contributed by atoms with Crippen molar-refractivity contribution >= 4 is 11.8 Å². The third-order valence-corrected chi connectivity index (χ3v) is 1.84. The summed E-state index contributed by atoms with van der Waals surface area (Å²) < 4.78 is 0.802. The molecule has 0 aliphatic heterocycles. The summed E-state index contributed by atoms with van der Waals surface area (Å²) in [4.78, 5) is 0. The van der Waals surface area contributed by atoms with E-state index in [0.717, 1.165) is 0 Å². The molecule has 0 saturated carbocycles. The first kappa shape index (κ1) is 13.5. The van der Waals surface area contributed by atoms with Crippen LogP contribution >= 0.6 is 11.8 Å². The fraction of sp³-hybridized carbons (Fsp3) is 1.00. The van der Waals surface area contributed by atoms with Crippen molar-refractivity contribution in [3.8, 4) is 0 Å². The van der Waals surface area contributed by atoms with E-state index < -0.39 is 0 Å². The van der Waals surface area contributed by atoms with Gasteiger partial charge in [-0.2, -0.15) is 11.8 Å². The zero-order chi connectivity index (χ0) is 7.71. The summed E-state index contributed by atoms with van der Waals surface area (Å²) in [5, 5.41) is 0. The Bertz CT molecular complexity index is 74.4. The van der Waals surface area contributed by atoms with Gasteiger partial charge in [0.25, 0.3) is 0 Å². The molecule has 0 aliphatic rings. The van der Waals surface area contributed by atoms with Crippen LogP contribution in [0.2, 0.25) is 0 Å². The Morgan fingerprint density at radius 1 is 0.700 bits per heavy atom. The molecule has 0 aliphatic carbocycles. The van der Waals surface area contributed by atoms with Gasteiger partial charge in [0.2, 0.25) is 0 Å². The second-order valence-electron chi connectivity index (χ2n) is 4.33. The van der Waals surface area contributed by atoms with Crippen LogP contribution in [0.1, 0.15) is 41.5 Å². The van der Waals surface area contributed by atoms with Gasteiger partial charge in [-0.1, -0.05) is 41.5 Å². The maximum atomic E-state index is 2.25. The second kappa shape index (κ2) is 4.04. The molecule has 0 aromatic rings. The predicted octanol–water partition coefficient (Wildman–Crippen LogP) is 3.31. The summed E-state index contributed by atoms with van der Waals surface area (Å²) in [6.07, 6.45) is 0. The quantitative estimate of drug-likeness (QED) is 0.552. The number of hydrogen-bond donors (Lipinski definition) is 0. The van der Waals surface area contributed by atoms with Gasteiger partial charge in [-0.3, -0.25) is 0 Å². The summed E-state index contributed by atoms with van der Waals surface area (Å²) in [6.45, 7) is 13.5. The Hall–Kier alpha value is 0.869. The van der Waals surface area contributed by atoms with E-state index in [4.69, 9.17) is 0 Å². The summed E-state index contributed by atoms with van der Waals surface area (Å²) in [5.41, 5.74) is 0. The van der Waals surface area contributed by atoms with Gasteiger partial charge >= 0.3 is 0 Å². The van der Waals surface area contributed by atoms with E-state index in [0.29, 0.717) is 9.49 Å². The van der Waals surface area contributed by atoms with Crippen LogP contribution in [0.5, 0.6) is 0 Å². The van der Waals surface area contributed by atoms with E-state index >= 15 is 0 Å². The Morgan fingerprint density at radius 3 is 0.900 bits per heavy atom. The first-order valence-electron chi connectivity index (χ1n) is 3.41. The average molecular weight is 210 g/mol. The Balaban J connectivity index is 0. The Labute approximate surface area is 80.0 Å². The van der Waals surface area contributed by atoms with Crippen LogP contribution in [-0.2, 0) is 17.1 Å². The molecule has 10 heavy (non-hydrogen) atoms. The molecule has 0 bridgehead atoms. The number of rotatable bonds is 0. The average Bonchev–Trinajstić information content (AvgIpc) is 1.14. The minimum Gasteiger partial charge on any atom is -0.150 e. The van der Waals surface area contributed by atoms with Crippen molar-refractivity contribution in [1.29, 1.82) is 0 Å². The third-order valence-electron chi connectivity index (χ3n) is 0.612. The molecular weight excluding hydrogens is 192 g/mol. The molecule has 67 valence electrons. The van der Waals surface area contributed by atoms with E-state index in [1.807, 2.05) is 11.8 Å². The van der Waals surface area contributed by atoms with Gasteiger partial charge in [-0.05, 0) is 0 Å². The van der Waals surface area contributed by atoms with Gasteiger partial charge < -0.3 is 0 Å². The van der Waals surface area contributed by atoms with Crippen molar-refractivity contribution in [2.45, 2.75) is 51.0 Å². The molecule has 2 heteroatoms.